The normalized spacial score (nSPS) is 11.8. The molecule has 5 rings (SSSR count). The highest BCUT2D eigenvalue weighted by Crippen LogP contribution is 2.29. The number of hydrogen-bond donors (Lipinski definition) is 2. The van der Waals surface area contributed by atoms with Crippen molar-refractivity contribution in [3.05, 3.63) is 132 Å². The molecule has 0 fully saturated rings. The number of amides is 1. The standard InChI is InChI=1S/C37H39N3O4/c1-2-21-39-37(42)30-15-18-34-35(24-30)38-22-19-36(34)44-33-16-13-28(14-17-33)20-23-40(25-29-9-5-3-6-10-29)26-31(41)27-43-32-11-7-4-8-12-32/h3-19,22,24,31,41H,2,20-21,23,25-27H2,1H3,(H,39,42)/t31-/m0/s1. The van der Waals surface area contributed by atoms with Crippen LogP contribution in [0.5, 0.6) is 17.2 Å². The van der Waals surface area contributed by atoms with Crippen molar-refractivity contribution < 1.29 is 19.4 Å². The van der Waals surface area contributed by atoms with Gasteiger partial charge in [-0.05, 0) is 72.5 Å². The Hall–Kier alpha value is -4.72. The number of aliphatic hydroxyl groups excluding tert-OH is 1. The van der Waals surface area contributed by atoms with Crippen molar-refractivity contribution in [3.63, 3.8) is 0 Å². The van der Waals surface area contributed by atoms with Crippen LogP contribution < -0.4 is 14.8 Å². The van der Waals surface area contributed by atoms with Crippen molar-refractivity contribution in [2.45, 2.75) is 32.4 Å². The van der Waals surface area contributed by atoms with Crippen molar-refractivity contribution >= 4 is 16.8 Å². The smallest absolute Gasteiger partial charge is 0.251 e. The first-order valence-corrected chi connectivity index (χ1v) is 15.1. The van der Waals surface area contributed by atoms with Gasteiger partial charge in [0.1, 0.15) is 30.0 Å². The van der Waals surface area contributed by atoms with Crippen LogP contribution in [0.4, 0.5) is 0 Å². The van der Waals surface area contributed by atoms with E-state index >= 15 is 0 Å². The summed E-state index contributed by atoms with van der Waals surface area (Å²) in [4.78, 5) is 19.1. The molecule has 1 heterocycles. The van der Waals surface area contributed by atoms with Crippen LogP contribution in [-0.4, -0.2) is 53.2 Å². The third kappa shape index (κ3) is 8.89. The van der Waals surface area contributed by atoms with Crippen LogP contribution in [0, 0.1) is 0 Å². The summed E-state index contributed by atoms with van der Waals surface area (Å²) in [5.74, 6) is 2.06. The Morgan fingerprint density at radius 1 is 0.886 bits per heavy atom. The molecule has 7 heteroatoms. The average molecular weight is 590 g/mol. The van der Waals surface area contributed by atoms with Crippen LogP contribution in [0.1, 0.15) is 34.8 Å². The predicted molar refractivity (Wildman–Crippen MR) is 174 cm³/mol. The molecule has 7 nitrogen and oxygen atoms in total. The quantitative estimate of drug-likeness (QED) is 0.142. The summed E-state index contributed by atoms with van der Waals surface area (Å²) in [6.45, 7) is 4.91. The van der Waals surface area contributed by atoms with Crippen LogP contribution in [-0.2, 0) is 13.0 Å². The van der Waals surface area contributed by atoms with E-state index in [9.17, 15) is 9.90 Å². The highest BCUT2D eigenvalue weighted by molar-refractivity contribution is 5.98. The fourth-order valence-corrected chi connectivity index (χ4v) is 4.97. The van der Waals surface area contributed by atoms with E-state index in [1.807, 2.05) is 79.7 Å². The number of nitrogens with one attached hydrogen (secondary N) is 1. The van der Waals surface area contributed by atoms with E-state index in [0.29, 0.717) is 29.9 Å². The molecule has 44 heavy (non-hydrogen) atoms. The minimum absolute atomic E-state index is 0.102. The van der Waals surface area contributed by atoms with Crippen molar-refractivity contribution in [2.75, 3.05) is 26.2 Å². The molecule has 1 amide bonds. The van der Waals surface area contributed by atoms with Gasteiger partial charge in [-0.3, -0.25) is 14.7 Å². The number of fused-ring (bicyclic) bond motifs is 1. The number of para-hydroxylation sites is 1. The molecule has 1 aromatic heterocycles. The number of aliphatic hydroxyl groups is 1. The predicted octanol–water partition coefficient (Wildman–Crippen LogP) is 6.65. The number of carbonyl (C=O) groups is 1. The van der Waals surface area contributed by atoms with Gasteiger partial charge in [0.2, 0.25) is 0 Å². The van der Waals surface area contributed by atoms with Crippen molar-refractivity contribution in [2.24, 2.45) is 0 Å². The number of aromatic nitrogens is 1. The fourth-order valence-electron chi connectivity index (χ4n) is 4.97. The Morgan fingerprint density at radius 3 is 2.39 bits per heavy atom. The van der Waals surface area contributed by atoms with Gasteiger partial charge >= 0.3 is 0 Å². The second-order valence-electron chi connectivity index (χ2n) is 10.8. The number of hydrogen-bond acceptors (Lipinski definition) is 6. The summed E-state index contributed by atoms with van der Waals surface area (Å²) >= 11 is 0. The summed E-state index contributed by atoms with van der Waals surface area (Å²) in [5.41, 5.74) is 3.66. The maximum absolute atomic E-state index is 12.4. The molecule has 0 unspecified atom stereocenters. The van der Waals surface area contributed by atoms with E-state index in [0.717, 1.165) is 42.8 Å². The van der Waals surface area contributed by atoms with Crippen LogP contribution in [0.15, 0.2) is 115 Å². The van der Waals surface area contributed by atoms with Crippen LogP contribution >= 0.6 is 0 Å². The largest absolute Gasteiger partial charge is 0.491 e. The molecule has 0 bridgehead atoms. The molecule has 0 aliphatic heterocycles. The number of carbonyl (C=O) groups excluding carboxylic acids is 1. The highest BCUT2D eigenvalue weighted by Gasteiger charge is 2.14. The molecule has 0 aliphatic carbocycles. The zero-order valence-corrected chi connectivity index (χ0v) is 25.1. The summed E-state index contributed by atoms with van der Waals surface area (Å²) in [6, 6.07) is 35.3. The Labute approximate surface area is 259 Å². The summed E-state index contributed by atoms with van der Waals surface area (Å²) in [5, 5.41) is 14.5. The first kappa shape index (κ1) is 30.7. The molecular formula is C37H39N3O4. The first-order valence-electron chi connectivity index (χ1n) is 15.1. The Balaban J connectivity index is 1.20. The molecule has 5 aromatic rings. The molecule has 0 saturated carbocycles. The van der Waals surface area contributed by atoms with Gasteiger partial charge in [0, 0.05) is 43.3 Å². The lowest BCUT2D eigenvalue weighted by Gasteiger charge is -2.25. The number of nitrogens with zero attached hydrogens (tertiary/aromatic N) is 2. The van der Waals surface area contributed by atoms with E-state index in [1.54, 1.807) is 18.3 Å². The van der Waals surface area contributed by atoms with Gasteiger partial charge in [-0.2, -0.15) is 0 Å². The number of pyridine rings is 1. The molecule has 0 radical (unpaired) electrons. The first-order chi connectivity index (χ1) is 21.6. The zero-order valence-electron chi connectivity index (χ0n) is 25.1. The van der Waals surface area contributed by atoms with Crippen LogP contribution in [0.3, 0.4) is 0 Å². The minimum atomic E-state index is -0.619. The maximum atomic E-state index is 12.4. The zero-order chi connectivity index (χ0) is 30.6. The lowest BCUT2D eigenvalue weighted by Crippen LogP contribution is -2.36. The molecule has 0 spiro atoms. The van der Waals surface area contributed by atoms with Gasteiger partial charge in [0.15, 0.2) is 0 Å². The Morgan fingerprint density at radius 2 is 1.64 bits per heavy atom. The third-order valence-electron chi connectivity index (χ3n) is 7.27. The van der Waals surface area contributed by atoms with Crippen LogP contribution in [0.25, 0.3) is 10.9 Å². The molecule has 0 saturated heterocycles. The molecule has 226 valence electrons. The molecule has 4 aromatic carbocycles. The van der Waals surface area contributed by atoms with E-state index < -0.39 is 6.10 Å². The van der Waals surface area contributed by atoms with Gasteiger partial charge in [-0.25, -0.2) is 0 Å². The summed E-state index contributed by atoms with van der Waals surface area (Å²) in [6.07, 6.45) is 2.78. The Bertz CT molecular complexity index is 1610. The number of benzene rings is 4. The van der Waals surface area contributed by atoms with Crippen molar-refractivity contribution in [3.8, 4) is 17.2 Å². The molecular weight excluding hydrogens is 550 g/mol. The van der Waals surface area contributed by atoms with Crippen molar-refractivity contribution in [1.82, 2.24) is 15.2 Å². The Kier molecular flexibility index (Phi) is 10.9. The van der Waals surface area contributed by atoms with Gasteiger partial charge in [-0.15, -0.1) is 0 Å². The monoisotopic (exact) mass is 589 g/mol. The van der Waals surface area contributed by atoms with Gasteiger partial charge < -0.3 is 19.9 Å². The summed E-state index contributed by atoms with van der Waals surface area (Å²) < 4.78 is 12.0. The van der Waals surface area contributed by atoms with E-state index in [2.05, 4.69) is 39.5 Å². The molecule has 0 aliphatic rings. The van der Waals surface area contributed by atoms with E-state index in [1.165, 1.54) is 11.1 Å². The second kappa shape index (κ2) is 15.7. The minimum Gasteiger partial charge on any atom is -0.491 e. The number of rotatable bonds is 15. The number of ether oxygens (including phenoxy) is 2. The fraction of sp³-hybridized carbons (Fsp3) is 0.243. The lowest BCUT2D eigenvalue weighted by molar-refractivity contribution is 0.0659. The average Bonchev–Trinajstić information content (AvgIpc) is 3.06. The second-order valence-corrected chi connectivity index (χ2v) is 10.8. The maximum Gasteiger partial charge on any atom is 0.251 e. The van der Waals surface area contributed by atoms with E-state index in [4.69, 9.17) is 9.47 Å². The highest BCUT2D eigenvalue weighted by atomic mass is 16.5. The molecule has 1 atom stereocenters. The topological polar surface area (TPSA) is 83.9 Å². The van der Waals surface area contributed by atoms with Gasteiger partial charge in [0.05, 0.1) is 5.52 Å². The SMILES string of the molecule is CCCNC(=O)c1ccc2c(Oc3ccc(CCN(Cc4ccccc4)C[C@H](O)COc4ccccc4)cc3)ccnc2c1. The van der Waals surface area contributed by atoms with Crippen molar-refractivity contribution in [1.29, 1.82) is 0 Å². The molecule has 2 N–H and O–H groups in total. The van der Waals surface area contributed by atoms with Gasteiger partial charge in [-0.1, -0.05) is 67.6 Å². The van der Waals surface area contributed by atoms with Crippen LogP contribution in [0.2, 0.25) is 0 Å². The third-order valence-corrected chi connectivity index (χ3v) is 7.27. The lowest BCUT2D eigenvalue weighted by atomic mass is 10.1. The van der Waals surface area contributed by atoms with Gasteiger partial charge in [0.25, 0.3) is 5.91 Å². The van der Waals surface area contributed by atoms with E-state index in [-0.39, 0.29) is 12.5 Å². The summed E-state index contributed by atoms with van der Waals surface area (Å²) in [7, 11) is 0.